The summed E-state index contributed by atoms with van der Waals surface area (Å²) in [5.41, 5.74) is 1.81. The van der Waals surface area contributed by atoms with Gasteiger partial charge in [0.2, 0.25) is 0 Å². The van der Waals surface area contributed by atoms with Crippen LogP contribution in [-0.4, -0.2) is 5.97 Å². The first-order valence-electron chi connectivity index (χ1n) is 3.90. The van der Waals surface area contributed by atoms with E-state index in [1.165, 1.54) is 0 Å². The molecule has 0 bridgehead atoms. The molecule has 0 saturated heterocycles. The quantitative estimate of drug-likeness (QED) is 0.281. The summed E-state index contributed by atoms with van der Waals surface area (Å²) in [6, 6.07) is 5.64. The number of para-hydroxylation sites is 1. The number of benzene rings is 1. The van der Waals surface area contributed by atoms with E-state index in [1.54, 1.807) is 0 Å². The maximum absolute atomic E-state index is 10.8. The molecule has 0 aliphatic heterocycles. The van der Waals surface area contributed by atoms with Crippen molar-refractivity contribution in [3.63, 3.8) is 0 Å². The van der Waals surface area contributed by atoms with Crippen molar-refractivity contribution < 1.29 is 9.53 Å². The molecule has 1 rings (SSSR count). The fourth-order valence-corrected chi connectivity index (χ4v) is 1.08. The van der Waals surface area contributed by atoms with Gasteiger partial charge in [-0.05, 0) is 25.0 Å². The fourth-order valence-electron chi connectivity index (χ4n) is 1.08. The van der Waals surface area contributed by atoms with E-state index in [2.05, 4.69) is 0 Å². The van der Waals surface area contributed by atoms with Crippen LogP contribution in [-0.2, 0) is 4.79 Å². The van der Waals surface area contributed by atoms with Crippen molar-refractivity contribution in [2.75, 3.05) is 0 Å². The van der Waals surface area contributed by atoms with Crippen LogP contribution in [0.3, 0.4) is 0 Å². The van der Waals surface area contributed by atoms with Crippen LogP contribution in [0.15, 0.2) is 18.2 Å². The summed E-state index contributed by atoms with van der Waals surface area (Å²) < 4.78 is 4.95. The number of esters is 1. The molecule has 2 nitrogen and oxygen atoms in total. The summed E-state index contributed by atoms with van der Waals surface area (Å²) in [5, 5.41) is 0. The van der Waals surface area contributed by atoms with Gasteiger partial charge in [0.05, 0.1) is 0 Å². The van der Waals surface area contributed by atoms with Gasteiger partial charge in [-0.1, -0.05) is 18.2 Å². The number of carbonyl (C=O) groups is 1. The second kappa shape index (κ2) is 3.77. The first-order valence-corrected chi connectivity index (χ1v) is 3.90. The monoisotopic (exact) mass is 174 g/mol. The first kappa shape index (κ1) is 9.34. The van der Waals surface area contributed by atoms with E-state index in [0.29, 0.717) is 5.75 Å². The van der Waals surface area contributed by atoms with Crippen LogP contribution >= 0.6 is 0 Å². The Bertz CT molecular complexity index is 352. The third-order valence-corrected chi connectivity index (χ3v) is 1.72. The highest BCUT2D eigenvalue weighted by molar-refractivity contribution is 5.89. The topological polar surface area (TPSA) is 26.3 Å². The van der Waals surface area contributed by atoms with Gasteiger partial charge in [0, 0.05) is 5.92 Å². The third kappa shape index (κ3) is 2.09. The Morgan fingerprint density at radius 3 is 2.38 bits per heavy atom. The van der Waals surface area contributed by atoms with Crippen molar-refractivity contribution in [2.24, 2.45) is 0 Å². The Morgan fingerprint density at radius 1 is 1.38 bits per heavy atom. The lowest BCUT2D eigenvalue weighted by molar-refractivity contribution is -0.128. The van der Waals surface area contributed by atoms with Crippen molar-refractivity contribution >= 4 is 5.97 Å². The smallest absolute Gasteiger partial charge is 0.389 e. The standard InChI is InChI=1S/C11H10O2/c1-4-10(12)13-11-8(2)6-5-7-9(11)3/h1,5-7H,2-3H3. The molecule has 13 heavy (non-hydrogen) atoms. The van der Waals surface area contributed by atoms with Gasteiger partial charge in [-0.3, -0.25) is 0 Å². The zero-order chi connectivity index (χ0) is 9.84. The van der Waals surface area contributed by atoms with Crippen LogP contribution in [0.25, 0.3) is 0 Å². The van der Waals surface area contributed by atoms with Crippen molar-refractivity contribution in [3.05, 3.63) is 29.3 Å². The summed E-state index contributed by atoms with van der Waals surface area (Å²) in [6.07, 6.45) is 4.90. The van der Waals surface area contributed by atoms with Crippen LogP contribution in [0, 0.1) is 26.2 Å². The molecule has 0 aliphatic carbocycles. The Hall–Kier alpha value is -1.75. The molecule has 66 valence electrons. The molecule has 0 atom stereocenters. The van der Waals surface area contributed by atoms with Gasteiger partial charge in [-0.15, -0.1) is 6.42 Å². The molecule has 0 spiro atoms. The number of hydrogen-bond acceptors (Lipinski definition) is 2. The maximum Gasteiger partial charge on any atom is 0.389 e. The largest absolute Gasteiger partial charge is 0.416 e. The molecule has 0 N–H and O–H groups in total. The summed E-state index contributed by atoms with van der Waals surface area (Å²) >= 11 is 0. The summed E-state index contributed by atoms with van der Waals surface area (Å²) in [6.45, 7) is 3.73. The van der Waals surface area contributed by atoms with E-state index in [4.69, 9.17) is 11.2 Å². The second-order valence-corrected chi connectivity index (χ2v) is 2.75. The average Bonchev–Trinajstić information content (AvgIpc) is 2.11. The van der Waals surface area contributed by atoms with E-state index in [1.807, 2.05) is 38.0 Å². The predicted octanol–water partition coefficient (Wildman–Crippen LogP) is 1.84. The minimum absolute atomic E-state index is 0.561. The minimum Gasteiger partial charge on any atom is -0.416 e. The lowest BCUT2D eigenvalue weighted by Crippen LogP contribution is -2.06. The molecular weight excluding hydrogens is 164 g/mol. The van der Waals surface area contributed by atoms with Crippen LogP contribution in [0.2, 0.25) is 0 Å². The van der Waals surface area contributed by atoms with Gasteiger partial charge in [-0.2, -0.15) is 0 Å². The zero-order valence-electron chi connectivity index (χ0n) is 7.63. The Labute approximate surface area is 77.5 Å². The minimum atomic E-state index is -0.655. The molecule has 0 radical (unpaired) electrons. The van der Waals surface area contributed by atoms with E-state index >= 15 is 0 Å². The van der Waals surface area contributed by atoms with Crippen molar-refractivity contribution in [3.8, 4) is 18.1 Å². The van der Waals surface area contributed by atoms with Crippen LogP contribution in [0.1, 0.15) is 11.1 Å². The molecule has 0 aromatic heterocycles. The summed E-state index contributed by atoms with van der Waals surface area (Å²) in [4.78, 5) is 10.8. The highest BCUT2D eigenvalue weighted by Gasteiger charge is 2.06. The lowest BCUT2D eigenvalue weighted by atomic mass is 10.1. The molecule has 0 saturated carbocycles. The van der Waals surface area contributed by atoms with E-state index in [-0.39, 0.29) is 0 Å². The van der Waals surface area contributed by atoms with E-state index < -0.39 is 5.97 Å². The SMILES string of the molecule is C#CC(=O)Oc1c(C)cccc1C. The average molecular weight is 174 g/mol. The predicted molar refractivity (Wildman–Crippen MR) is 50.4 cm³/mol. The molecule has 0 heterocycles. The third-order valence-electron chi connectivity index (χ3n) is 1.72. The number of terminal acetylenes is 1. The van der Waals surface area contributed by atoms with Gasteiger partial charge in [0.1, 0.15) is 5.75 Å². The van der Waals surface area contributed by atoms with Gasteiger partial charge < -0.3 is 4.74 Å². The van der Waals surface area contributed by atoms with Crippen LogP contribution < -0.4 is 4.74 Å². The Kier molecular flexibility index (Phi) is 2.71. The molecule has 0 unspecified atom stereocenters. The van der Waals surface area contributed by atoms with Gasteiger partial charge >= 0.3 is 5.97 Å². The van der Waals surface area contributed by atoms with Gasteiger partial charge in [0.25, 0.3) is 0 Å². The number of ether oxygens (including phenoxy) is 1. The summed E-state index contributed by atoms with van der Waals surface area (Å²) in [5.74, 6) is 1.81. The Balaban J connectivity index is 3.01. The summed E-state index contributed by atoms with van der Waals surface area (Å²) in [7, 11) is 0. The van der Waals surface area contributed by atoms with Gasteiger partial charge in [0.15, 0.2) is 0 Å². The first-order chi connectivity index (χ1) is 6.15. The number of hydrogen-bond donors (Lipinski definition) is 0. The highest BCUT2D eigenvalue weighted by Crippen LogP contribution is 2.22. The number of rotatable bonds is 1. The zero-order valence-corrected chi connectivity index (χ0v) is 7.63. The highest BCUT2D eigenvalue weighted by atomic mass is 16.5. The van der Waals surface area contributed by atoms with Crippen molar-refractivity contribution in [1.29, 1.82) is 0 Å². The lowest BCUT2D eigenvalue weighted by Gasteiger charge is -2.06. The van der Waals surface area contributed by atoms with Crippen LogP contribution in [0.4, 0.5) is 0 Å². The molecule has 1 aromatic rings. The fraction of sp³-hybridized carbons (Fsp3) is 0.182. The molecule has 1 aromatic carbocycles. The molecule has 0 aliphatic rings. The molecular formula is C11H10O2. The maximum atomic E-state index is 10.8. The second-order valence-electron chi connectivity index (χ2n) is 2.75. The van der Waals surface area contributed by atoms with Gasteiger partial charge in [-0.25, -0.2) is 4.79 Å². The van der Waals surface area contributed by atoms with E-state index in [0.717, 1.165) is 11.1 Å². The number of carbonyl (C=O) groups excluding carboxylic acids is 1. The van der Waals surface area contributed by atoms with Crippen molar-refractivity contribution in [2.45, 2.75) is 13.8 Å². The van der Waals surface area contributed by atoms with Crippen LogP contribution in [0.5, 0.6) is 5.75 Å². The van der Waals surface area contributed by atoms with E-state index in [9.17, 15) is 4.79 Å². The normalized spacial score (nSPS) is 9.00. The molecule has 0 amide bonds. The number of aryl methyl sites for hydroxylation is 2. The Morgan fingerprint density at radius 2 is 1.92 bits per heavy atom. The molecule has 0 fully saturated rings. The molecule has 2 heteroatoms. The van der Waals surface area contributed by atoms with Crippen molar-refractivity contribution in [1.82, 2.24) is 0 Å².